The fourth-order valence-electron chi connectivity index (χ4n) is 2.02. The number of anilines is 2. The first-order valence-electron chi connectivity index (χ1n) is 5.62. The maximum Gasteiger partial charge on any atom is 0.231 e. The van der Waals surface area contributed by atoms with Gasteiger partial charge in [-0.25, -0.2) is 0 Å². The molecule has 0 radical (unpaired) electrons. The number of nitrogen functional groups attached to an aromatic ring is 1. The van der Waals surface area contributed by atoms with E-state index in [1.807, 2.05) is 23.1 Å². The molecule has 3 N–H and O–H groups in total. The van der Waals surface area contributed by atoms with Crippen LogP contribution in [0, 0.1) is 0 Å². The van der Waals surface area contributed by atoms with Gasteiger partial charge in [-0.05, 0) is 30.3 Å². The summed E-state index contributed by atoms with van der Waals surface area (Å²) in [5.41, 5.74) is 8.48. The highest BCUT2D eigenvalue weighted by Crippen LogP contribution is 2.29. The number of nitrogens with two attached hydrogens (primary N) is 1. The molecule has 0 atom stereocenters. The van der Waals surface area contributed by atoms with Crippen LogP contribution in [0.25, 0.3) is 0 Å². The molecular weight excluding hydrogens is 202 g/mol. The van der Waals surface area contributed by atoms with Crippen molar-refractivity contribution in [1.29, 1.82) is 0 Å². The Labute approximate surface area is 95.4 Å². The molecule has 2 rings (SSSR count). The molecule has 0 saturated carbocycles. The Balaban J connectivity index is 2.13. The molecule has 0 aromatic heterocycles. The van der Waals surface area contributed by atoms with E-state index < -0.39 is 0 Å². The van der Waals surface area contributed by atoms with Crippen LogP contribution in [0.5, 0.6) is 0 Å². The van der Waals surface area contributed by atoms with E-state index in [1.54, 1.807) is 0 Å². The molecule has 1 heterocycles. The number of hydrogen-bond donors (Lipinski definition) is 2. The lowest BCUT2D eigenvalue weighted by atomic mass is 10.1. The fraction of sp³-hybridized carbons (Fsp3) is 0.417. The first-order valence-corrected chi connectivity index (χ1v) is 5.62. The Bertz CT molecular complexity index is 403. The Kier molecular flexibility index (Phi) is 3.10. The molecule has 0 fully saturated rings. The standard InChI is InChI=1S/C12H17N3O/c1-2-14-5-6-15-11-4-3-10(13)7-9(11)8-12(15)16/h3-4,7,14H,2,5-6,8,13H2,1H3. The Morgan fingerprint density at radius 1 is 1.50 bits per heavy atom. The molecule has 0 saturated heterocycles. The van der Waals surface area contributed by atoms with Crippen molar-refractivity contribution in [3.8, 4) is 0 Å². The van der Waals surface area contributed by atoms with E-state index in [0.717, 1.165) is 36.6 Å². The van der Waals surface area contributed by atoms with Crippen LogP contribution in [0.1, 0.15) is 12.5 Å². The number of nitrogens with zero attached hydrogens (tertiary/aromatic N) is 1. The van der Waals surface area contributed by atoms with Crippen LogP contribution in [0.3, 0.4) is 0 Å². The van der Waals surface area contributed by atoms with Gasteiger partial charge in [0.15, 0.2) is 0 Å². The van der Waals surface area contributed by atoms with Crippen LogP contribution in [0.15, 0.2) is 18.2 Å². The zero-order chi connectivity index (χ0) is 11.5. The minimum atomic E-state index is 0.165. The van der Waals surface area contributed by atoms with Crippen molar-refractivity contribution in [2.75, 3.05) is 30.3 Å². The topological polar surface area (TPSA) is 58.4 Å². The summed E-state index contributed by atoms with van der Waals surface area (Å²) in [6.07, 6.45) is 0.479. The molecule has 1 aromatic rings. The second-order valence-electron chi connectivity index (χ2n) is 3.96. The summed E-state index contributed by atoms with van der Waals surface area (Å²) in [5.74, 6) is 0.165. The predicted octanol–water partition coefficient (Wildman–Crippen LogP) is 0.767. The molecule has 1 aliphatic rings. The van der Waals surface area contributed by atoms with E-state index in [4.69, 9.17) is 5.73 Å². The number of likely N-dealkylation sites (N-methyl/N-ethyl adjacent to an activating group) is 1. The highest BCUT2D eigenvalue weighted by molar-refractivity contribution is 6.01. The highest BCUT2D eigenvalue weighted by Gasteiger charge is 2.26. The first kappa shape index (κ1) is 11.0. The molecule has 4 heteroatoms. The number of nitrogens with one attached hydrogen (secondary N) is 1. The van der Waals surface area contributed by atoms with Gasteiger partial charge in [0, 0.05) is 24.5 Å². The summed E-state index contributed by atoms with van der Waals surface area (Å²) >= 11 is 0. The van der Waals surface area contributed by atoms with Gasteiger partial charge < -0.3 is 16.0 Å². The van der Waals surface area contributed by atoms with Gasteiger partial charge >= 0.3 is 0 Å². The number of carbonyl (C=O) groups excluding carboxylic acids is 1. The van der Waals surface area contributed by atoms with Crippen molar-refractivity contribution in [2.24, 2.45) is 0 Å². The third-order valence-electron chi connectivity index (χ3n) is 2.80. The molecule has 86 valence electrons. The van der Waals surface area contributed by atoms with Crippen molar-refractivity contribution >= 4 is 17.3 Å². The number of benzene rings is 1. The van der Waals surface area contributed by atoms with Gasteiger partial charge in [-0.3, -0.25) is 4.79 Å². The van der Waals surface area contributed by atoms with E-state index in [-0.39, 0.29) is 5.91 Å². The van der Waals surface area contributed by atoms with Gasteiger partial charge in [0.25, 0.3) is 0 Å². The molecule has 0 bridgehead atoms. The minimum Gasteiger partial charge on any atom is -0.399 e. The minimum absolute atomic E-state index is 0.165. The largest absolute Gasteiger partial charge is 0.399 e. The smallest absolute Gasteiger partial charge is 0.231 e. The number of carbonyl (C=O) groups is 1. The van der Waals surface area contributed by atoms with Gasteiger partial charge in [-0.15, -0.1) is 0 Å². The van der Waals surface area contributed by atoms with Crippen molar-refractivity contribution in [1.82, 2.24) is 5.32 Å². The monoisotopic (exact) mass is 219 g/mol. The predicted molar refractivity (Wildman–Crippen MR) is 65.5 cm³/mol. The van der Waals surface area contributed by atoms with Gasteiger partial charge in [-0.1, -0.05) is 6.92 Å². The van der Waals surface area contributed by atoms with Gasteiger partial charge in [0.1, 0.15) is 0 Å². The number of hydrogen-bond acceptors (Lipinski definition) is 3. The first-order chi connectivity index (χ1) is 7.72. The van der Waals surface area contributed by atoms with Crippen LogP contribution in [0.4, 0.5) is 11.4 Å². The summed E-state index contributed by atoms with van der Waals surface area (Å²) in [7, 11) is 0. The van der Waals surface area contributed by atoms with Crippen molar-refractivity contribution in [3.05, 3.63) is 23.8 Å². The maximum atomic E-state index is 11.8. The summed E-state index contributed by atoms with van der Waals surface area (Å²) in [6.45, 7) is 4.53. The van der Waals surface area contributed by atoms with Crippen LogP contribution >= 0.6 is 0 Å². The van der Waals surface area contributed by atoms with E-state index in [1.165, 1.54) is 0 Å². The lowest BCUT2D eigenvalue weighted by Gasteiger charge is -2.17. The fourth-order valence-corrected chi connectivity index (χ4v) is 2.02. The summed E-state index contributed by atoms with van der Waals surface area (Å²) in [6, 6.07) is 5.67. The zero-order valence-corrected chi connectivity index (χ0v) is 9.49. The molecule has 0 spiro atoms. The summed E-state index contributed by atoms with van der Waals surface area (Å²) < 4.78 is 0. The van der Waals surface area contributed by atoms with Gasteiger partial charge in [-0.2, -0.15) is 0 Å². The van der Waals surface area contributed by atoms with Crippen LogP contribution in [0.2, 0.25) is 0 Å². The van der Waals surface area contributed by atoms with Gasteiger partial charge in [0.05, 0.1) is 6.42 Å². The normalized spacial score (nSPS) is 14.3. The van der Waals surface area contributed by atoms with E-state index in [2.05, 4.69) is 12.2 Å². The second-order valence-corrected chi connectivity index (χ2v) is 3.96. The molecule has 0 unspecified atom stereocenters. The van der Waals surface area contributed by atoms with Crippen LogP contribution in [-0.2, 0) is 11.2 Å². The Hall–Kier alpha value is -1.55. The third kappa shape index (κ3) is 2.02. The van der Waals surface area contributed by atoms with E-state index >= 15 is 0 Å². The molecule has 4 nitrogen and oxygen atoms in total. The maximum absolute atomic E-state index is 11.8. The lowest BCUT2D eigenvalue weighted by molar-refractivity contribution is -0.117. The van der Waals surface area contributed by atoms with Gasteiger partial charge in [0.2, 0.25) is 5.91 Å². The number of rotatable bonds is 4. The molecule has 1 amide bonds. The molecule has 1 aliphatic heterocycles. The average molecular weight is 219 g/mol. The van der Waals surface area contributed by atoms with E-state index in [0.29, 0.717) is 6.42 Å². The quantitative estimate of drug-likeness (QED) is 0.581. The molecule has 0 aliphatic carbocycles. The number of fused-ring (bicyclic) bond motifs is 1. The third-order valence-corrected chi connectivity index (χ3v) is 2.80. The lowest BCUT2D eigenvalue weighted by Crippen LogP contribution is -2.34. The van der Waals surface area contributed by atoms with Crippen LogP contribution < -0.4 is 16.0 Å². The van der Waals surface area contributed by atoms with E-state index in [9.17, 15) is 4.79 Å². The molecular formula is C12H17N3O. The summed E-state index contributed by atoms with van der Waals surface area (Å²) in [4.78, 5) is 13.6. The molecule has 16 heavy (non-hydrogen) atoms. The average Bonchev–Trinajstić information content (AvgIpc) is 2.55. The summed E-state index contributed by atoms with van der Waals surface area (Å²) in [5, 5.41) is 3.22. The number of amides is 1. The Morgan fingerprint density at radius 3 is 3.06 bits per heavy atom. The molecule has 1 aromatic carbocycles. The van der Waals surface area contributed by atoms with Crippen molar-refractivity contribution < 1.29 is 4.79 Å². The van der Waals surface area contributed by atoms with Crippen LogP contribution in [-0.4, -0.2) is 25.5 Å². The zero-order valence-electron chi connectivity index (χ0n) is 9.49. The SMILES string of the molecule is CCNCCN1C(=O)Cc2cc(N)ccc21. The van der Waals surface area contributed by atoms with Crippen molar-refractivity contribution in [2.45, 2.75) is 13.3 Å². The Morgan fingerprint density at radius 2 is 2.31 bits per heavy atom. The van der Waals surface area contributed by atoms with Crippen molar-refractivity contribution in [3.63, 3.8) is 0 Å². The highest BCUT2D eigenvalue weighted by atomic mass is 16.2. The second kappa shape index (κ2) is 4.53.